The Kier molecular flexibility index (Phi) is 6.11. The number of rotatable bonds is 6. The van der Waals surface area contributed by atoms with Gasteiger partial charge in [0.05, 0.1) is 15.9 Å². The molecule has 1 N–H and O–H groups in total. The Morgan fingerprint density at radius 3 is 2.71 bits per heavy atom. The van der Waals surface area contributed by atoms with E-state index in [9.17, 15) is 0 Å². The van der Waals surface area contributed by atoms with Gasteiger partial charge in [0, 0.05) is 19.6 Å². The Morgan fingerprint density at radius 2 is 2.12 bits per heavy atom. The summed E-state index contributed by atoms with van der Waals surface area (Å²) in [7, 11) is 1.70. The molecule has 0 saturated carbocycles. The highest BCUT2D eigenvalue weighted by Gasteiger charge is 2.13. The molecule has 1 unspecified atom stereocenters. The molecule has 0 fully saturated rings. The van der Waals surface area contributed by atoms with E-state index in [4.69, 9.17) is 4.74 Å². The zero-order chi connectivity index (χ0) is 12.8. The van der Waals surface area contributed by atoms with Crippen LogP contribution in [-0.4, -0.2) is 30.2 Å². The number of halogens is 1. The SMILES string of the molecule is CCCNc1nc(C(C)COC)nc(C)c1I. The number of nitrogens with one attached hydrogen (secondary N) is 1. The third-order valence-electron chi connectivity index (χ3n) is 2.43. The summed E-state index contributed by atoms with van der Waals surface area (Å²) < 4.78 is 6.25. The van der Waals surface area contributed by atoms with Gasteiger partial charge in [0.15, 0.2) is 0 Å². The maximum atomic E-state index is 5.15. The van der Waals surface area contributed by atoms with Crippen LogP contribution >= 0.6 is 22.6 Å². The van der Waals surface area contributed by atoms with Crippen molar-refractivity contribution in [1.82, 2.24) is 9.97 Å². The van der Waals surface area contributed by atoms with Crippen molar-refractivity contribution < 1.29 is 4.74 Å². The molecule has 1 atom stereocenters. The Balaban J connectivity index is 2.96. The van der Waals surface area contributed by atoms with Crippen LogP contribution in [-0.2, 0) is 4.74 Å². The Bertz CT molecular complexity index is 371. The molecule has 1 aromatic rings. The van der Waals surface area contributed by atoms with Crippen molar-refractivity contribution in [2.24, 2.45) is 0 Å². The van der Waals surface area contributed by atoms with E-state index in [0.717, 1.165) is 33.9 Å². The van der Waals surface area contributed by atoms with Gasteiger partial charge in [0.2, 0.25) is 0 Å². The standard InChI is InChI=1S/C12H20IN3O/c1-5-6-14-12-10(13)9(3)15-11(16-12)8(2)7-17-4/h8H,5-7H2,1-4H3,(H,14,15,16). The first-order chi connectivity index (χ1) is 8.10. The minimum atomic E-state index is 0.220. The second kappa shape index (κ2) is 7.10. The Hall–Kier alpha value is -0.430. The van der Waals surface area contributed by atoms with Crippen LogP contribution in [0.3, 0.4) is 0 Å². The molecule has 0 aromatic carbocycles. The van der Waals surface area contributed by atoms with Crippen LogP contribution in [0.4, 0.5) is 5.82 Å². The summed E-state index contributed by atoms with van der Waals surface area (Å²) in [6, 6.07) is 0. The molecule has 96 valence electrons. The van der Waals surface area contributed by atoms with Crippen LogP contribution in [0.2, 0.25) is 0 Å². The average molecular weight is 349 g/mol. The van der Waals surface area contributed by atoms with Gasteiger partial charge in [-0.1, -0.05) is 13.8 Å². The lowest BCUT2D eigenvalue weighted by Crippen LogP contribution is -2.13. The van der Waals surface area contributed by atoms with Gasteiger partial charge >= 0.3 is 0 Å². The lowest BCUT2D eigenvalue weighted by atomic mass is 10.2. The van der Waals surface area contributed by atoms with Crippen molar-refractivity contribution in [3.05, 3.63) is 15.1 Å². The molecule has 0 aliphatic rings. The number of anilines is 1. The lowest BCUT2D eigenvalue weighted by molar-refractivity contribution is 0.181. The largest absolute Gasteiger partial charge is 0.384 e. The van der Waals surface area contributed by atoms with Crippen LogP contribution in [0.1, 0.15) is 37.7 Å². The summed E-state index contributed by atoms with van der Waals surface area (Å²) in [5, 5.41) is 3.34. The van der Waals surface area contributed by atoms with Crippen LogP contribution < -0.4 is 5.32 Å². The van der Waals surface area contributed by atoms with E-state index >= 15 is 0 Å². The predicted molar refractivity (Wildman–Crippen MR) is 78.6 cm³/mol. The molecule has 0 aliphatic heterocycles. The van der Waals surface area contributed by atoms with Crippen molar-refractivity contribution >= 4 is 28.4 Å². The van der Waals surface area contributed by atoms with Gasteiger partial charge in [0.1, 0.15) is 11.6 Å². The fourth-order valence-corrected chi connectivity index (χ4v) is 1.92. The van der Waals surface area contributed by atoms with Crippen LogP contribution in [0, 0.1) is 10.5 Å². The van der Waals surface area contributed by atoms with Gasteiger partial charge < -0.3 is 10.1 Å². The first-order valence-corrected chi connectivity index (χ1v) is 6.94. The van der Waals surface area contributed by atoms with E-state index in [0.29, 0.717) is 6.61 Å². The highest BCUT2D eigenvalue weighted by molar-refractivity contribution is 14.1. The fourth-order valence-electron chi connectivity index (χ4n) is 1.49. The van der Waals surface area contributed by atoms with Gasteiger partial charge in [-0.2, -0.15) is 0 Å². The van der Waals surface area contributed by atoms with E-state index in [1.807, 2.05) is 6.92 Å². The smallest absolute Gasteiger partial charge is 0.143 e. The minimum Gasteiger partial charge on any atom is -0.384 e. The highest BCUT2D eigenvalue weighted by atomic mass is 127. The maximum absolute atomic E-state index is 5.15. The summed E-state index contributed by atoms with van der Waals surface area (Å²) in [6.45, 7) is 7.82. The van der Waals surface area contributed by atoms with Gasteiger partial charge in [0.25, 0.3) is 0 Å². The lowest BCUT2D eigenvalue weighted by Gasteiger charge is -2.14. The van der Waals surface area contributed by atoms with Gasteiger partial charge in [-0.05, 0) is 35.9 Å². The summed E-state index contributed by atoms with van der Waals surface area (Å²) in [4.78, 5) is 9.10. The Labute approximate surface area is 117 Å². The first kappa shape index (κ1) is 14.6. The predicted octanol–water partition coefficient (Wildman–Crippen LogP) is 2.96. The highest BCUT2D eigenvalue weighted by Crippen LogP contribution is 2.21. The fraction of sp³-hybridized carbons (Fsp3) is 0.667. The molecule has 4 nitrogen and oxygen atoms in total. The normalized spacial score (nSPS) is 12.5. The number of aromatic nitrogens is 2. The van der Waals surface area contributed by atoms with Crippen LogP contribution in [0.5, 0.6) is 0 Å². The second-order valence-electron chi connectivity index (χ2n) is 4.11. The van der Waals surface area contributed by atoms with E-state index in [1.165, 1.54) is 0 Å². The van der Waals surface area contributed by atoms with E-state index in [1.54, 1.807) is 7.11 Å². The number of hydrogen-bond acceptors (Lipinski definition) is 4. The molecular formula is C12H20IN3O. The van der Waals surface area contributed by atoms with Crippen molar-refractivity contribution in [3.8, 4) is 0 Å². The summed E-state index contributed by atoms with van der Waals surface area (Å²) in [6.07, 6.45) is 1.09. The molecule has 1 rings (SSSR count). The van der Waals surface area contributed by atoms with Crippen molar-refractivity contribution in [1.29, 1.82) is 0 Å². The maximum Gasteiger partial charge on any atom is 0.143 e. The molecule has 0 bridgehead atoms. The molecule has 1 heterocycles. The second-order valence-corrected chi connectivity index (χ2v) is 5.19. The molecule has 0 radical (unpaired) electrons. The van der Waals surface area contributed by atoms with Crippen molar-refractivity contribution in [2.75, 3.05) is 25.6 Å². The molecule has 0 amide bonds. The molecule has 17 heavy (non-hydrogen) atoms. The number of nitrogens with zero attached hydrogens (tertiary/aromatic N) is 2. The molecule has 5 heteroatoms. The first-order valence-electron chi connectivity index (χ1n) is 5.87. The summed E-state index contributed by atoms with van der Waals surface area (Å²) >= 11 is 2.29. The summed E-state index contributed by atoms with van der Waals surface area (Å²) in [5.41, 5.74) is 1.03. The zero-order valence-electron chi connectivity index (χ0n) is 10.9. The number of aryl methyl sites for hydroxylation is 1. The van der Waals surface area contributed by atoms with E-state index in [2.05, 4.69) is 51.7 Å². The van der Waals surface area contributed by atoms with Gasteiger partial charge in [-0.3, -0.25) is 0 Å². The van der Waals surface area contributed by atoms with E-state index in [-0.39, 0.29) is 5.92 Å². The van der Waals surface area contributed by atoms with Crippen LogP contribution in [0.15, 0.2) is 0 Å². The minimum absolute atomic E-state index is 0.220. The molecule has 0 saturated heterocycles. The van der Waals surface area contributed by atoms with Crippen molar-refractivity contribution in [2.45, 2.75) is 33.1 Å². The zero-order valence-corrected chi connectivity index (χ0v) is 13.0. The monoisotopic (exact) mass is 349 g/mol. The number of hydrogen-bond donors (Lipinski definition) is 1. The average Bonchev–Trinajstić information content (AvgIpc) is 2.31. The van der Waals surface area contributed by atoms with Crippen LogP contribution in [0.25, 0.3) is 0 Å². The summed E-state index contributed by atoms with van der Waals surface area (Å²) in [5.74, 6) is 2.01. The number of methoxy groups -OCH3 is 1. The topological polar surface area (TPSA) is 47.0 Å². The molecule has 0 spiro atoms. The molecule has 1 aromatic heterocycles. The van der Waals surface area contributed by atoms with E-state index < -0.39 is 0 Å². The Morgan fingerprint density at radius 1 is 1.41 bits per heavy atom. The molecule has 0 aliphatic carbocycles. The van der Waals surface area contributed by atoms with Crippen molar-refractivity contribution in [3.63, 3.8) is 0 Å². The quantitative estimate of drug-likeness (QED) is 0.803. The third-order valence-corrected chi connectivity index (χ3v) is 3.73. The number of ether oxygens (including phenoxy) is 1. The van der Waals surface area contributed by atoms with Gasteiger partial charge in [-0.15, -0.1) is 0 Å². The third kappa shape index (κ3) is 4.06. The molecular weight excluding hydrogens is 329 g/mol. The van der Waals surface area contributed by atoms with Gasteiger partial charge in [-0.25, -0.2) is 9.97 Å².